The van der Waals surface area contributed by atoms with Gasteiger partial charge in [-0.25, -0.2) is 0 Å². The summed E-state index contributed by atoms with van der Waals surface area (Å²) >= 11 is 0. The minimum Gasteiger partial charge on any atom is -0.350 e. The molecule has 20 heavy (non-hydrogen) atoms. The Morgan fingerprint density at radius 2 is 1.85 bits per heavy atom. The normalized spacial score (nSPS) is 13.8. The highest BCUT2D eigenvalue weighted by molar-refractivity contribution is 5.96. The molecule has 1 aliphatic rings. The highest BCUT2D eigenvalue weighted by atomic mass is 16.2. The molecule has 0 aliphatic heterocycles. The van der Waals surface area contributed by atoms with Gasteiger partial charge in [0.25, 0.3) is 5.91 Å². The molecule has 2 N–H and O–H groups in total. The fourth-order valence-corrected chi connectivity index (χ4v) is 2.44. The van der Waals surface area contributed by atoms with Crippen LogP contribution in [0.15, 0.2) is 18.2 Å². The molecule has 108 valence electrons. The Labute approximate surface area is 119 Å². The Hall–Kier alpha value is -1.84. The topological polar surface area (TPSA) is 58.2 Å². The number of amides is 2. The van der Waals surface area contributed by atoms with Gasteiger partial charge in [0, 0.05) is 11.1 Å². The van der Waals surface area contributed by atoms with E-state index in [0.717, 1.165) is 19.3 Å². The first-order valence-electron chi connectivity index (χ1n) is 7.06. The molecule has 0 bridgehead atoms. The van der Waals surface area contributed by atoms with Gasteiger partial charge < -0.3 is 10.6 Å². The average Bonchev–Trinajstić information content (AvgIpc) is 2.80. The average molecular weight is 274 g/mol. The molecule has 1 aromatic rings. The van der Waals surface area contributed by atoms with Gasteiger partial charge in [-0.3, -0.25) is 9.59 Å². The van der Waals surface area contributed by atoms with Crippen LogP contribution in [0.25, 0.3) is 0 Å². The van der Waals surface area contributed by atoms with E-state index in [-0.39, 0.29) is 23.9 Å². The zero-order valence-corrected chi connectivity index (χ0v) is 12.4. The molecular formula is C16H22N2O2. The summed E-state index contributed by atoms with van der Waals surface area (Å²) in [5.74, 6) is -0.365. The molecule has 2 amide bonds. The number of hydrogen-bond acceptors (Lipinski definition) is 2. The molecule has 0 heterocycles. The number of carbonyl (C=O) groups excluding carboxylic acids is 2. The van der Waals surface area contributed by atoms with Crippen molar-refractivity contribution in [2.75, 3.05) is 6.54 Å². The molecule has 4 heteroatoms. The van der Waals surface area contributed by atoms with Gasteiger partial charge in [0.15, 0.2) is 0 Å². The third kappa shape index (κ3) is 3.83. The predicted octanol–water partition coefficient (Wildman–Crippen LogP) is 1.82. The third-order valence-electron chi connectivity index (χ3n) is 3.28. The first-order chi connectivity index (χ1) is 9.35. The molecule has 0 spiro atoms. The lowest BCUT2D eigenvalue weighted by molar-refractivity contribution is -0.121. The fraction of sp³-hybridized carbons (Fsp3) is 0.500. The van der Waals surface area contributed by atoms with Crippen LogP contribution in [0.1, 0.15) is 48.7 Å². The summed E-state index contributed by atoms with van der Waals surface area (Å²) in [6.07, 6.45) is 3.31. The summed E-state index contributed by atoms with van der Waals surface area (Å²) in [7, 11) is 0. The molecule has 1 aromatic carbocycles. The van der Waals surface area contributed by atoms with Gasteiger partial charge in [0.05, 0.1) is 6.54 Å². The zero-order chi connectivity index (χ0) is 14.8. The Morgan fingerprint density at radius 1 is 1.15 bits per heavy atom. The van der Waals surface area contributed by atoms with Gasteiger partial charge >= 0.3 is 0 Å². The number of nitrogens with one attached hydrogen (secondary N) is 2. The van der Waals surface area contributed by atoms with E-state index in [9.17, 15) is 9.59 Å². The maximum absolute atomic E-state index is 12.0. The van der Waals surface area contributed by atoms with Crippen LogP contribution in [0.2, 0.25) is 0 Å². The molecule has 0 saturated heterocycles. The molecular weight excluding hydrogens is 252 g/mol. The Kier molecular flexibility index (Phi) is 4.12. The fourth-order valence-electron chi connectivity index (χ4n) is 2.44. The van der Waals surface area contributed by atoms with Crippen molar-refractivity contribution in [2.24, 2.45) is 0 Å². The van der Waals surface area contributed by atoms with E-state index in [4.69, 9.17) is 0 Å². The van der Waals surface area contributed by atoms with Gasteiger partial charge in [0.1, 0.15) is 0 Å². The second kappa shape index (κ2) is 5.65. The summed E-state index contributed by atoms with van der Waals surface area (Å²) in [5.41, 5.74) is 2.95. The summed E-state index contributed by atoms with van der Waals surface area (Å²) in [6.45, 7) is 5.74. The minimum absolute atomic E-state index is 0.00713. The van der Waals surface area contributed by atoms with Crippen molar-refractivity contribution in [3.8, 4) is 0 Å². The van der Waals surface area contributed by atoms with E-state index in [2.05, 4.69) is 10.6 Å². The number of fused-ring (bicyclic) bond motifs is 1. The summed E-state index contributed by atoms with van der Waals surface area (Å²) in [6, 6.07) is 5.80. The van der Waals surface area contributed by atoms with Crippen LogP contribution >= 0.6 is 0 Å². The number of hydrogen-bond donors (Lipinski definition) is 2. The molecule has 0 saturated carbocycles. The quantitative estimate of drug-likeness (QED) is 0.883. The molecule has 4 nitrogen and oxygen atoms in total. The Balaban J connectivity index is 1.91. The SMILES string of the molecule is CC(C)(C)NC(=O)CNC(=O)c1ccc2c(c1)CCC2. The van der Waals surface area contributed by atoms with Crippen LogP contribution < -0.4 is 10.6 Å². The second-order valence-electron chi connectivity index (χ2n) is 6.32. The van der Waals surface area contributed by atoms with Crippen molar-refractivity contribution in [3.05, 3.63) is 34.9 Å². The molecule has 0 unspecified atom stereocenters. The van der Waals surface area contributed by atoms with E-state index in [0.29, 0.717) is 5.56 Å². The molecule has 2 rings (SSSR count). The summed E-state index contributed by atoms with van der Waals surface area (Å²) in [5, 5.41) is 5.48. The second-order valence-corrected chi connectivity index (χ2v) is 6.32. The van der Waals surface area contributed by atoms with Gasteiger partial charge in [-0.1, -0.05) is 6.07 Å². The molecule has 0 atom stereocenters. The maximum Gasteiger partial charge on any atom is 0.251 e. The van der Waals surface area contributed by atoms with E-state index in [1.54, 1.807) is 0 Å². The number of aryl methyl sites for hydroxylation is 2. The lowest BCUT2D eigenvalue weighted by Gasteiger charge is -2.20. The van der Waals surface area contributed by atoms with Crippen LogP contribution in [0.4, 0.5) is 0 Å². The molecule has 0 radical (unpaired) electrons. The van der Waals surface area contributed by atoms with Crippen LogP contribution in [0.3, 0.4) is 0 Å². The molecule has 1 aliphatic carbocycles. The molecule has 0 aromatic heterocycles. The lowest BCUT2D eigenvalue weighted by Crippen LogP contribution is -2.45. The van der Waals surface area contributed by atoms with Gasteiger partial charge in [-0.15, -0.1) is 0 Å². The van der Waals surface area contributed by atoms with Crippen LogP contribution in [-0.2, 0) is 17.6 Å². The molecule has 0 fully saturated rings. The van der Waals surface area contributed by atoms with Crippen molar-refractivity contribution in [1.82, 2.24) is 10.6 Å². The van der Waals surface area contributed by atoms with Crippen LogP contribution in [0.5, 0.6) is 0 Å². The summed E-state index contributed by atoms with van der Waals surface area (Å²) < 4.78 is 0. The smallest absolute Gasteiger partial charge is 0.251 e. The Bertz CT molecular complexity index is 530. The maximum atomic E-state index is 12.0. The monoisotopic (exact) mass is 274 g/mol. The Morgan fingerprint density at radius 3 is 2.55 bits per heavy atom. The van der Waals surface area contributed by atoms with E-state index in [1.807, 2.05) is 39.0 Å². The first-order valence-corrected chi connectivity index (χ1v) is 7.06. The van der Waals surface area contributed by atoms with Gasteiger partial charge in [0.2, 0.25) is 5.91 Å². The van der Waals surface area contributed by atoms with Crippen molar-refractivity contribution < 1.29 is 9.59 Å². The minimum atomic E-state index is -0.282. The third-order valence-corrected chi connectivity index (χ3v) is 3.28. The number of benzene rings is 1. The van der Waals surface area contributed by atoms with E-state index in [1.165, 1.54) is 11.1 Å². The largest absolute Gasteiger partial charge is 0.350 e. The number of rotatable bonds is 3. The van der Waals surface area contributed by atoms with Crippen molar-refractivity contribution >= 4 is 11.8 Å². The van der Waals surface area contributed by atoms with E-state index < -0.39 is 0 Å². The first kappa shape index (κ1) is 14.6. The van der Waals surface area contributed by atoms with Crippen LogP contribution in [-0.4, -0.2) is 23.9 Å². The van der Waals surface area contributed by atoms with Gasteiger partial charge in [-0.05, 0) is 63.3 Å². The highest BCUT2D eigenvalue weighted by Gasteiger charge is 2.16. The van der Waals surface area contributed by atoms with Gasteiger partial charge in [-0.2, -0.15) is 0 Å². The van der Waals surface area contributed by atoms with Crippen molar-refractivity contribution in [2.45, 2.75) is 45.6 Å². The standard InChI is InChI=1S/C16H22N2O2/c1-16(2,3)18-14(19)10-17-15(20)13-8-7-11-5-4-6-12(11)9-13/h7-9H,4-6,10H2,1-3H3,(H,17,20)(H,18,19). The number of carbonyl (C=O) groups is 2. The zero-order valence-electron chi connectivity index (χ0n) is 12.4. The van der Waals surface area contributed by atoms with Crippen molar-refractivity contribution in [1.29, 1.82) is 0 Å². The highest BCUT2D eigenvalue weighted by Crippen LogP contribution is 2.22. The van der Waals surface area contributed by atoms with E-state index >= 15 is 0 Å². The van der Waals surface area contributed by atoms with Crippen LogP contribution in [0, 0.1) is 0 Å². The summed E-state index contributed by atoms with van der Waals surface area (Å²) in [4.78, 5) is 23.7. The lowest BCUT2D eigenvalue weighted by atomic mass is 10.1. The van der Waals surface area contributed by atoms with Crippen molar-refractivity contribution in [3.63, 3.8) is 0 Å². The predicted molar refractivity (Wildman–Crippen MR) is 78.7 cm³/mol.